The SMILES string of the molecule is COCCOc1ccc(C(=O)/C=C/c2c(C)nn(-c3ccccc3)c2C)cc1OC. The third-order valence-corrected chi connectivity index (χ3v) is 4.74. The zero-order chi connectivity index (χ0) is 21.5. The van der Waals surface area contributed by atoms with Crippen molar-refractivity contribution in [2.24, 2.45) is 0 Å². The number of ether oxygens (including phenoxy) is 3. The molecule has 0 spiro atoms. The van der Waals surface area contributed by atoms with E-state index in [4.69, 9.17) is 14.2 Å². The van der Waals surface area contributed by atoms with Crippen molar-refractivity contribution in [3.05, 3.63) is 77.1 Å². The van der Waals surface area contributed by atoms with Crippen LogP contribution in [0.25, 0.3) is 11.8 Å². The van der Waals surface area contributed by atoms with Crippen LogP contribution >= 0.6 is 0 Å². The molecule has 30 heavy (non-hydrogen) atoms. The van der Waals surface area contributed by atoms with Crippen molar-refractivity contribution in [2.45, 2.75) is 13.8 Å². The molecule has 6 heteroatoms. The van der Waals surface area contributed by atoms with Gasteiger partial charge >= 0.3 is 0 Å². The Bertz CT molecular complexity index is 1040. The van der Waals surface area contributed by atoms with Crippen molar-refractivity contribution in [3.8, 4) is 17.2 Å². The van der Waals surface area contributed by atoms with Gasteiger partial charge in [0.05, 0.1) is 25.1 Å². The van der Waals surface area contributed by atoms with E-state index >= 15 is 0 Å². The van der Waals surface area contributed by atoms with Crippen molar-refractivity contribution in [3.63, 3.8) is 0 Å². The van der Waals surface area contributed by atoms with Gasteiger partial charge in [-0.3, -0.25) is 4.79 Å². The Morgan fingerprint density at radius 3 is 2.50 bits per heavy atom. The Morgan fingerprint density at radius 1 is 1.03 bits per heavy atom. The lowest BCUT2D eigenvalue weighted by Gasteiger charge is -2.11. The van der Waals surface area contributed by atoms with E-state index in [2.05, 4.69) is 5.10 Å². The summed E-state index contributed by atoms with van der Waals surface area (Å²) in [7, 11) is 3.16. The number of hydrogen-bond donors (Lipinski definition) is 0. The number of para-hydroxylation sites is 1. The lowest BCUT2D eigenvalue weighted by atomic mass is 10.1. The molecule has 0 atom stereocenters. The second kappa shape index (κ2) is 9.89. The summed E-state index contributed by atoms with van der Waals surface area (Å²) in [5.41, 5.74) is 4.27. The Hall–Kier alpha value is -3.38. The zero-order valence-electron chi connectivity index (χ0n) is 17.7. The molecule has 2 aromatic carbocycles. The summed E-state index contributed by atoms with van der Waals surface area (Å²) in [6, 6.07) is 15.1. The van der Waals surface area contributed by atoms with E-state index in [1.54, 1.807) is 38.5 Å². The van der Waals surface area contributed by atoms with Crippen LogP contribution in [-0.2, 0) is 4.74 Å². The topological polar surface area (TPSA) is 62.6 Å². The van der Waals surface area contributed by atoms with Crippen LogP contribution in [-0.4, -0.2) is 43.0 Å². The summed E-state index contributed by atoms with van der Waals surface area (Å²) in [4.78, 5) is 12.7. The summed E-state index contributed by atoms with van der Waals surface area (Å²) >= 11 is 0. The molecule has 0 N–H and O–H groups in total. The van der Waals surface area contributed by atoms with Crippen LogP contribution in [0.2, 0.25) is 0 Å². The molecular formula is C24H26N2O4. The van der Waals surface area contributed by atoms with E-state index in [-0.39, 0.29) is 5.78 Å². The van der Waals surface area contributed by atoms with E-state index < -0.39 is 0 Å². The molecule has 0 unspecified atom stereocenters. The molecule has 6 nitrogen and oxygen atoms in total. The number of rotatable bonds is 9. The minimum Gasteiger partial charge on any atom is -0.493 e. The number of carbonyl (C=O) groups excluding carboxylic acids is 1. The quantitative estimate of drug-likeness (QED) is 0.299. The number of aromatic nitrogens is 2. The molecule has 0 saturated carbocycles. The summed E-state index contributed by atoms with van der Waals surface area (Å²) in [6.45, 7) is 4.81. The van der Waals surface area contributed by atoms with E-state index in [1.807, 2.05) is 54.9 Å². The van der Waals surface area contributed by atoms with Gasteiger partial charge in [-0.2, -0.15) is 5.10 Å². The maximum absolute atomic E-state index is 12.7. The van der Waals surface area contributed by atoms with Gasteiger partial charge in [-0.25, -0.2) is 4.68 Å². The fourth-order valence-corrected chi connectivity index (χ4v) is 3.15. The van der Waals surface area contributed by atoms with Gasteiger partial charge in [0.15, 0.2) is 17.3 Å². The smallest absolute Gasteiger partial charge is 0.185 e. The van der Waals surface area contributed by atoms with Crippen LogP contribution in [0.15, 0.2) is 54.6 Å². The lowest BCUT2D eigenvalue weighted by Crippen LogP contribution is -2.06. The van der Waals surface area contributed by atoms with Crippen LogP contribution in [0.5, 0.6) is 11.5 Å². The van der Waals surface area contributed by atoms with E-state index in [9.17, 15) is 4.79 Å². The van der Waals surface area contributed by atoms with Gasteiger partial charge in [-0.1, -0.05) is 18.2 Å². The third kappa shape index (κ3) is 4.78. The molecule has 0 bridgehead atoms. The van der Waals surface area contributed by atoms with Gasteiger partial charge in [0.1, 0.15) is 6.61 Å². The van der Waals surface area contributed by atoms with Gasteiger partial charge in [-0.15, -0.1) is 0 Å². The number of methoxy groups -OCH3 is 2. The standard InChI is InChI=1S/C24H26N2O4/c1-17-21(18(2)26(25-17)20-8-6-5-7-9-20)11-12-22(27)19-10-13-23(24(16-19)29-4)30-15-14-28-3/h5-13,16H,14-15H2,1-4H3/b12-11+. The first-order chi connectivity index (χ1) is 14.5. The highest BCUT2D eigenvalue weighted by Crippen LogP contribution is 2.28. The highest BCUT2D eigenvalue weighted by molar-refractivity contribution is 6.07. The molecular weight excluding hydrogens is 380 g/mol. The number of carbonyl (C=O) groups is 1. The average molecular weight is 406 g/mol. The number of nitrogens with zero attached hydrogens (tertiary/aromatic N) is 2. The summed E-state index contributed by atoms with van der Waals surface area (Å²) in [5, 5.41) is 4.61. The van der Waals surface area contributed by atoms with Crippen LogP contribution in [0.4, 0.5) is 0 Å². The minimum absolute atomic E-state index is 0.122. The molecule has 3 rings (SSSR count). The van der Waals surface area contributed by atoms with Crippen molar-refractivity contribution in [2.75, 3.05) is 27.4 Å². The first-order valence-electron chi connectivity index (χ1n) is 9.69. The van der Waals surface area contributed by atoms with Gasteiger partial charge in [0, 0.05) is 23.9 Å². The second-order valence-corrected chi connectivity index (χ2v) is 6.74. The van der Waals surface area contributed by atoms with Gasteiger partial charge in [0.25, 0.3) is 0 Å². The van der Waals surface area contributed by atoms with Gasteiger partial charge in [0.2, 0.25) is 0 Å². The van der Waals surface area contributed by atoms with Gasteiger partial charge < -0.3 is 14.2 Å². The van der Waals surface area contributed by atoms with E-state index in [0.29, 0.717) is 30.3 Å². The fourth-order valence-electron chi connectivity index (χ4n) is 3.15. The number of aryl methyl sites for hydroxylation is 1. The first kappa shape index (κ1) is 21.3. The third-order valence-electron chi connectivity index (χ3n) is 4.74. The lowest BCUT2D eigenvalue weighted by molar-refractivity contribution is 0.104. The number of allylic oxidation sites excluding steroid dienone is 1. The molecule has 0 radical (unpaired) electrons. The molecule has 3 aromatic rings. The largest absolute Gasteiger partial charge is 0.493 e. The van der Waals surface area contributed by atoms with E-state index in [0.717, 1.165) is 22.6 Å². The molecule has 0 fully saturated rings. The molecule has 156 valence electrons. The Kier molecular flexibility index (Phi) is 7.03. The summed E-state index contributed by atoms with van der Waals surface area (Å²) < 4.78 is 17.9. The van der Waals surface area contributed by atoms with Crippen molar-refractivity contribution < 1.29 is 19.0 Å². The molecule has 0 saturated heterocycles. The summed E-state index contributed by atoms with van der Waals surface area (Å²) in [6.07, 6.45) is 3.38. The number of ketones is 1. The molecule has 0 aliphatic heterocycles. The first-order valence-corrected chi connectivity index (χ1v) is 9.69. The zero-order valence-corrected chi connectivity index (χ0v) is 17.7. The number of hydrogen-bond acceptors (Lipinski definition) is 5. The molecule has 0 amide bonds. The van der Waals surface area contributed by atoms with Crippen molar-refractivity contribution >= 4 is 11.9 Å². The second-order valence-electron chi connectivity index (χ2n) is 6.74. The van der Waals surface area contributed by atoms with Crippen LogP contribution < -0.4 is 9.47 Å². The maximum Gasteiger partial charge on any atom is 0.185 e. The predicted molar refractivity (Wildman–Crippen MR) is 117 cm³/mol. The molecule has 1 aromatic heterocycles. The summed E-state index contributed by atoms with van der Waals surface area (Å²) in [5.74, 6) is 0.962. The van der Waals surface area contributed by atoms with Crippen molar-refractivity contribution in [1.82, 2.24) is 9.78 Å². The van der Waals surface area contributed by atoms with Crippen molar-refractivity contribution in [1.29, 1.82) is 0 Å². The minimum atomic E-state index is -0.122. The van der Waals surface area contributed by atoms with Crippen LogP contribution in [0.3, 0.4) is 0 Å². The fraction of sp³-hybridized carbons (Fsp3) is 0.250. The molecule has 1 heterocycles. The Morgan fingerprint density at radius 2 is 1.80 bits per heavy atom. The maximum atomic E-state index is 12.7. The Balaban J connectivity index is 1.80. The number of benzene rings is 2. The van der Waals surface area contributed by atoms with E-state index in [1.165, 1.54) is 0 Å². The van der Waals surface area contributed by atoms with Crippen LogP contribution in [0.1, 0.15) is 27.3 Å². The highest BCUT2D eigenvalue weighted by Gasteiger charge is 2.13. The van der Waals surface area contributed by atoms with Crippen LogP contribution in [0, 0.1) is 13.8 Å². The monoisotopic (exact) mass is 406 g/mol. The Labute approximate surface area is 176 Å². The highest BCUT2D eigenvalue weighted by atomic mass is 16.5. The average Bonchev–Trinajstić information content (AvgIpc) is 3.06. The normalized spacial score (nSPS) is 11.1. The molecule has 0 aliphatic carbocycles. The molecule has 0 aliphatic rings. The predicted octanol–water partition coefficient (Wildman–Crippen LogP) is 4.42. The van der Waals surface area contributed by atoms with Gasteiger partial charge in [-0.05, 0) is 56.3 Å².